The van der Waals surface area contributed by atoms with Crippen molar-refractivity contribution in [1.29, 1.82) is 0 Å². The van der Waals surface area contributed by atoms with Crippen LogP contribution in [0.15, 0.2) is 61.2 Å². The molecule has 0 atom stereocenters. The van der Waals surface area contributed by atoms with E-state index >= 15 is 8.78 Å². The topological polar surface area (TPSA) is 0 Å². The molecule has 184 valence electrons. The fraction of sp³-hybridized carbons (Fsp3) is 0.355. The van der Waals surface area contributed by atoms with Crippen molar-refractivity contribution in [2.24, 2.45) is 5.92 Å². The summed E-state index contributed by atoms with van der Waals surface area (Å²) in [4.78, 5) is 0. The van der Waals surface area contributed by atoms with Crippen molar-refractivity contribution in [3.05, 3.63) is 95.6 Å². The lowest BCUT2D eigenvalue weighted by atomic mass is 9.77. The van der Waals surface area contributed by atoms with E-state index in [2.05, 4.69) is 6.58 Å². The summed E-state index contributed by atoms with van der Waals surface area (Å²) >= 11 is 0. The largest absolute Gasteiger partial charge is 0.203 e. The molecular formula is C31H32F4. The van der Waals surface area contributed by atoms with Gasteiger partial charge in [-0.15, -0.1) is 6.58 Å². The lowest BCUT2D eigenvalue weighted by molar-refractivity contribution is 0.306. The Kier molecular flexibility index (Phi) is 8.10. The van der Waals surface area contributed by atoms with Gasteiger partial charge in [0.1, 0.15) is 0 Å². The molecular weight excluding hydrogens is 448 g/mol. The molecule has 1 aliphatic carbocycles. The highest BCUT2D eigenvalue weighted by atomic mass is 19.2. The van der Waals surface area contributed by atoms with E-state index in [1.54, 1.807) is 48.5 Å². The zero-order valence-electron chi connectivity index (χ0n) is 20.2. The van der Waals surface area contributed by atoms with E-state index < -0.39 is 23.3 Å². The van der Waals surface area contributed by atoms with Crippen LogP contribution in [0.2, 0.25) is 0 Å². The van der Waals surface area contributed by atoms with Crippen LogP contribution in [0.4, 0.5) is 17.6 Å². The summed E-state index contributed by atoms with van der Waals surface area (Å²) in [5.41, 5.74) is 2.11. The Morgan fingerprint density at radius 1 is 0.743 bits per heavy atom. The van der Waals surface area contributed by atoms with Crippen LogP contribution in [0.1, 0.15) is 68.9 Å². The summed E-state index contributed by atoms with van der Waals surface area (Å²) in [6, 6.07) is 13.0. The molecule has 0 bridgehead atoms. The highest BCUT2D eigenvalue weighted by Gasteiger charge is 2.26. The first-order valence-electron chi connectivity index (χ1n) is 12.6. The van der Waals surface area contributed by atoms with E-state index in [0.29, 0.717) is 34.6 Å². The van der Waals surface area contributed by atoms with Gasteiger partial charge in [0.15, 0.2) is 23.3 Å². The maximum Gasteiger partial charge on any atom is 0.166 e. The van der Waals surface area contributed by atoms with Crippen molar-refractivity contribution in [1.82, 2.24) is 0 Å². The van der Waals surface area contributed by atoms with Crippen LogP contribution in [0.3, 0.4) is 0 Å². The van der Waals surface area contributed by atoms with E-state index in [9.17, 15) is 8.78 Å². The second-order valence-electron chi connectivity index (χ2n) is 9.64. The van der Waals surface area contributed by atoms with Crippen molar-refractivity contribution in [2.75, 3.05) is 0 Å². The third-order valence-corrected chi connectivity index (χ3v) is 7.37. The third-order valence-electron chi connectivity index (χ3n) is 7.37. The SMILES string of the molecule is C=CCCC1CCC(c2ccc(-c3ccc(-c4ccc(CCC)c(F)c4F)cc3)c(F)c2F)CC1. The minimum Gasteiger partial charge on any atom is -0.203 e. The number of rotatable bonds is 8. The molecule has 0 aromatic heterocycles. The molecule has 0 radical (unpaired) electrons. The van der Waals surface area contributed by atoms with E-state index in [0.717, 1.165) is 44.9 Å². The van der Waals surface area contributed by atoms with Crippen LogP contribution < -0.4 is 0 Å². The maximum atomic E-state index is 15.1. The Morgan fingerprint density at radius 2 is 1.31 bits per heavy atom. The average molecular weight is 481 g/mol. The number of allylic oxidation sites excluding steroid dienone is 1. The summed E-state index contributed by atoms with van der Waals surface area (Å²) in [5.74, 6) is -2.67. The molecule has 0 spiro atoms. The minimum atomic E-state index is -0.885. The van der Waals surface area contributed by atoms with Crippen molar-refractivity contribution < 1.29 is 17.6 Å². The molecule has 0 amide bonds. The Labute approximate surface area is 205 Å². The van der Waals surface area contributed by atoms with Crippen LogP contribution in [-0.4, -0.2) is 0 Å². The van der Waals surface area contributed by atoms with Gasteiger partial charge >= 0.3 is 0 Å². The maximum absolute atomic E-state index is 15.1. The summed E-state index contributed by atoms with van der Waals surface area (Å²) < 4.78 is 59.2. The zero-order valence-corrected chi connectivity index (χ0v) is 20.2. The van der Waals surface area contributed by atoms with Gasteiger partial charge in [0.2, 0.25) is 0 Å². The van der Waals surface area contributed by atoms with Gasteiger partial charge in [-0.3, -0.25) is 0 Å². The normalized spacial score (nSPS) is 18.0. The highest BCUT2D eigenvalue weighted by molar-refractivity contribution is 5.71. The van der Waals surface area contributed by atoms with E-state index in [-0.39, 0.29) is 17.0 Å². The molecule has 0 unspecified atom stereocenters. The van der Waals surface area contributed by atoms with E-state index in [4.69, 9.17) is 0 Å². The van der Waals surface area contributed by atoms with Gasteiger partial charge in [-0.25, -0.2) is 17.6 Å². The molecule has 4 rings (SSSR count). The standard InChI is InChI=1S/C31H32F4/c1-3-5-7-20-8-10-21(11-9-20)26-18-19-27(31(35)30(26)34)23-14-12-22(13-15-23)25-17-16-24(6-4-2)28(32)29(25)33/h3,12-21H,1,4-11H2,2H3. The monoisotopic (exact) mass is 480 g/mol. The third kappa shape index (κ3) is 5.37. The number of hydrogen-bond acceptors (Lipinski definition) is 0. The number of benzene rings is 3. The van der Waals surface area contributed by atoms with Crippen molar-refractivity contribution in [3.63, 3.8) is 0 Å². The van der Waals surface area contributed by atoms with Gasteiger partial charge in [0.25, 0.3) is 0 Å². The van der Waals surface area contributed by atoms with Crippen LogP contribution in [0.5, 0.6) is 0 Å². The second-order valence-corrected chi connectivity index (χ2v) is 9.64. The molecule has 0 N–H and O–H groups in total. The van der Waals surface area contributed by atoms with Gasteiger partial charge in [-0.2, -0.15) is 0 Å². The molecule has 1 saturated carbocycles. The Morgan fingerprint density at radius 3 is 1.89 bits per heavy atom. The summed E-state index contributed by atoms with van der Waals surface area (Å²) in [7, 11) is 0. The van der Waals surface area contributed by atoms with Crippen molar-refractivity contribution in [3.8, 4) is 22.3 Å². The summed E-state index contributed by atoms with van der Waals surface area (Å²) in [6.45, 7) is 5.69. The Balaban J connectivity index is 1.53. The fourth-order valence-electron chi connectivity index (χ4n) is 5.32. The number of halogens is 4. The zero-order chi connectivity index (χ0) is 24.9. The minimum absolute atomic E-state index is 0.0365. The number of aryl methyl sites for hydroxylation is 1. The van der Waals surface area contributed by atoms with Crippen LogP contribution >= 0.6 is 0 Å². The molecule has 4 heteroatoms. The van der Waals surface area contributed by atoms with Crippen LogP contribution in [0, 0.1) is 29.2 Å². The molecule has 35 heavy (non-hydrogen) atoms. The molecule has 3 aromatic carbocycles. The van der Waals surface area contributed by atoms with Crippen molar-refractivity contribution in [2.45, 2.75) is 64.2 Å². The van der Waals surface area contributed by atoms with Gasteiger partial charge in [-0.1, -0.05) is 68.0 Å². The number of hydrogen-bond donors (Lipinski definition) is 0. The van der Waals surface area contributed by atoms with Gasteiger partial charge < -0.3 is 0 Å². The first kappa shape index (κ1) is 25.2. The molecule has 3 aromatic rings. The summed E-state index contributed by atoms with van der Waals surface area (Å²) in [6.07, 6.45) is 9.03. The first-order chi connectivity index (χ1) is 16.9. The molecule has 0 nitrogen and oxygen atoms in total. The quantitative estimate of drug-likeness (QED) is 0.222. The predicted octanol–water partition coefficient (Wildman–Crippen LogP) is 9.77. The van der Waals surface area contributed by atoms with E-state index in [1.807, 2.05) is 13.0 Å². The lowest BCUT2D eigenvalue weighted by Gasteiger charge is -2.29. The first-order valence-corrected chi connectivity index (χ1v) is 12.6. The Bertz CT molecular complexity index is 1170. The second kappa shape index (κ2) is 11.2. The lowest BCUT2D eigenvalue weighted by Crippen LogP contribution is -2.15. The fourth-order valence-corrected chi connectivity index (χ4v) is 5.32. The van der Waals surface area contributed by atoms with Crippen molar-refractivity contribution >= 4 is 0 Å². The molecule has 0 aliphatic heterocycles. The molecule has 1 aliphatic rings. The Hall–Kier alpha value is -2.88. The van der Waals surface area contributed by atoms with Gasteiger partial charge in [0, 0.05) is 11.1 Å². The average Bonchev–Trinajstić information content (AvgIpc) is 2.88. The smallest absolute Gasteiger partial charge is 0.166 e. The van der Waals surface area contributed by atoms with Gasteiger partial charge in [-0.05, 0) is 79.0 Å². The van der Waals surface area contributed by atoms with Crippen LogP contribution in [0.25, 0.3) is 22.3 Å². The molecule has 1 fully saturated rings. The van der Waals surface area contributed by atoms with Gasteiger partial charge in [0.05, 0.1) is 0 Å². The molecule has 0 heterocycles. The summed E-state index contributed by atoms with van der Waals surface area (Å²) in [5, 5.41) is 0. The molecule has 0 saturated heterocycles. The predicted molar refractivity (Wildman–Crippen MR) is 135 cm³/mol. The highest BCUT2D eigenvalue weighted by Crippen LogP contribution is 2.40. The van der Waals surface area contributed by atoms with E-state index in [1.165, 1.54) is 0 Å². The van der Waals surface area contributed by atoms with Crippen LogP contribution in [-0.2, 0) is 6.42 Å².